The first-order valence-electron chi connectivity index (χ1n) is 7.01. The highest BCUT2D eigenvalue weighted by atomic mass is 19.2. The van der Waals surface area contributed by atoms with E-state index in [-0.39, 0.29) is 6.54 Å². The van der Waals surface area contributed by atoms with Crippen LogP contribution in [-0.2, 0) is 13.1 Å². The molecule has 8 heteroatoms. The van der Waals surface area contributed by atoms with Crippen LogP contribution in [0.2, 0.25) is 0 Å². The van der Waals surface area contributed by atoms with Gasteiger partial charge in [-0.1, -0.05) is 10.4 Å². The highest BCUT2D eigenvalue weighted by Gasteiger charge is 2.18. The average Bonchev–Trinajstić information content (AvgIpc) is 3.08. The van der Waals surface area contributed by atoms with Crippen LogP contribution in [0.4, 0.5) is 8.78 Å². The van der Waals surface area contributed by atoms with Crippen molar-refractivity contribution in [3.05, 3.63) is 52.5 Å². The summed E-state index contributed by atoms with van der Waals surface area (Å²) in [4.78, 5) is 0. The Morgan fingerprint density at radius 2 is 2.00 bits per heavy atom. The van der Waals surface area contributed by atoms with Crippen molar-refractivity contribution < 1.29 is 13.3 Å². The maximum absolute atomic E-state index is 13.6. The smallest absolute Gasteiger partial charge is 0.159 e. The first-order valence-corrected chi connectivity index (χ1v) is 7.01. The van der Waals surface area contributed by atoms with Crippen LogP contribution in [0.5, 0.6) is 0 Å². The molecule has 0 radical (unpaired) electrons. The second kappa shape index (κ2) is 5.88. The maximum atomic E-state index is 13.6. The molecule has 0 aliphatic rings. The van der Waals surface area contributed by atoms with Gasteiger partial charge in [-0.2, -0.15) is 0 Å². The number of halogens is 2. The lowest BCUT2D eigenvalue weighted by Crippen LogP contribution is -2.07. The number of benzene rings is 1. The summed E-state index contributed by atoms with van der Waals surface area (Å²) in [5.74, 6) is -1.17. The summed E-state index contributed by atoms with van der Waals surface area (Å²) >= 11 is 0. The van der Waals surface area contributed by atoms with E-state index in [1.807, 2.05) is 6.92 Å². The molecule has 23 heavy (non-hydrogen) atoms. The first-order chi connectivity index (χ1) is 11.0. The molecule has 0 atom stereocenters. The van der Waals surface area contributed by atoms with Crippen molar-refractivity contribution in [1.29, 1.82) is 0 Å². The summed E-state index contributed by atoms with van der Waals surface area (Å²) in [7, 11) is 0. The van der Waals surface area contributed by atoms with Crippen LogP contribution in [0.25, 0.3) is 11.3 Å². The standard InChI is InChI=1S/C15H15F2N5O/c1-8-11(9(2)23-20-8)7-22-15(14(6-18)19-21-22)10-3-4-12(16)13(17)5-10/h3-5H,6-7,18H2,1-2H3. The second-order valence-electron chi connectivity index (χ2n) is 5.18. The zero-order chi connectivity index (χ0) is 16.6. The van der Waals surface area contributed by atoms with E-state index in [1.54, 1.807) is 11.6 Å². The number of hydrogen-bond acceptors (Lipinski definition) is 5. The second-order valence-corrected chi connectivity index (χ2v) is 5.18. The van der Waals surface area contributed by atoms with E-state index in [1.165, 1.54) is 6.07 Å². The predicted octanol–water partition coefficient (Wildman–Crippen LogP) is 2.34. The molecule has 2 N–H and O–H groups in total. The molecular formula is C15H15F2N5O. The Bertz CT molecular complexity index is 836. The van der Waals surface area contributed by atoms with Gasteiger partial charge in [0.1, 0.15) is 11.5 Å². The van der Waals surface area contributed by atoms with Crippen molar-refractivity contribution >= 4 is 0 Å². The number of hydrogen-bond donors (Lipinski definition) is 1. The zero-order valence-corrected chi connectivity index (χ0v) is 12.7. The lowest BCUT2D eigenvalue weighted by atomic mass is 10.1. The van der Waals surface area contributed by atoms with Crippen molar-refractivity contribution in [2.24, 2.45) is 5.73 Å². The molecule has 0 saturated heterocycles. The molecule has 0 amide bonds. The summed E-state index contributed by atoms with van der Waals surface area (Å²) < 4.78 is 33.5. The highest BCUT2D eigenvalue weighted by Crippen LogP contribution is 2.25. The highest BCUT2D eigenvalue weighted by molar-refractivity contribution is 5.62. The van der Waals surface area contributed by atoms with Gasteiger partial charge in [0, 0.05) is 17.7 Å². The van der Waals surface area contributed by atoms with Crippen molar-refractivity contribution in [1.82, 2.24) is 20.2 Å². The van der Waals surface area contributed by atoms with Crippen LogP contribution in [-0.4, -0.2) is 20.2 Å². The minimum atomic E-state index is -0.935. The molecule has 1 aromatic carbocycles. The zero-order valence-electron chi connectivity index (χ0n) is 12.7. The monoisotopic (exact) mass is 319 g/mol. The maximum Gasteiger partial charge on any atom is 0.159 e. The van der Waals surface area contributed by atoms with Crippen molar-refractivity contribution in [3.63, 3.8) is 0 Å². The quantitative estimate of drug-likeness (QED) is 0.798. The third-order valence-electron chi connectivity index (χ3n) is 3.68. The summed E-state index contributed by atoms with van der Waals surface area (Å²) in [5, 5.41) is 12.0. The van der Waals surface area contributed by atoms with Crippen molar-refractivity contribution in [3.8, 4) is 11.3 Å². The van der Waals surface area contributed by atoms with E-state index in [2.05, 4.69) is 15.5 Å². The van der Waals surface area contributed by atoms with Crippen molar-refractivity contribution in [2.45, 2.75) is 26.9 Å². The molecular weight excluding hydrogens is 304 g/mol. The molecule has 0 fully saturated rings. The molecule has 3 rings (SSSR count). The predicted molar refractivity (Wildman–Crippen MR) is 78.3 cm³/mol. The van der Waals surface area contributed by atoms with E-state index in [0.717, 1.165) is 23.4 Å². The van der Waals surface area contributed by atoms with Gasteiger partial charge in [-0.3, -0.25) is 0 Å². The summed E-state index contributed by atoms with van der Waals surface area (Å²) in [6.45, 7) is 4.11. The summed E-state index contributed by atoms with van der Waals surface area (Å²) in [6.07, 6.45) is 0. The third kappa shape index (κ3) is 2.72. The Labute approximate surface area is 130 Å². The van der Waals surface area contributed by atoms with E-state index >= 15 is 0 Å². The number of nitrogens with zero attached hydrogens (tertiary/aromatic N) is 4. The molecule has 0 spiro atoms. The molecule has 0 aliphatic heterocycles. The third-order valence-corrected chi connectivity index (χ3v) is 3.68. The molecule has 0 saturated carbocycles. The summed E-state index contributed by atoms with van der Waals surface area (Å²) in [5.41, 5.74) is 8.80. The van der Waals surface area contributed by atoms with Crippen LogP contribution in [0, 0.1) is 25.5 Å². The van der Waals surface area contributed by atoms with Gasteiger partial charge in [-0.15, -0.1) is 5.10 Å². The van der Waals surface area contributed by atoms with Gasteiger partial charge in [0.2, 0.25) is 0 Å². The largest absolute Gasteiger partial charge is 0.361 e. The van der Waals surface area contributed by atoms with Gasteiger partial charge in [0.25, 0.3) is 0 Å². The van der Waals surface area contributed by atoms with Gasteiger partial charge >= 0.3 is 0 Å². The van der Waals surface area contributed by atoms with Gasteiger partial charge in [-0.05, 0) is 32.0 Å². The molecule has 6 nitrogen and oxygen atoms in total. The molecule has 2 aromatic heterocycles. The van der Waals surface area contributed by atoms with Crippen LogP contribution < -0.4 is 5.73 Å². The van der Waals surface area contributed by atoms with E-state index in [0.29, 0.717) is 29.3 Å². The summed E-state index contributed by atoms with van der Waals surface area (Å²) in [6, 6.07) is 3.65. The Morgan fingerprint density at radius 1 is 1.22 bits per heavy atom. The Balaban J connectivity index is 2.09. The SMILES string of the molecule is Cc1noc(C)c1Cn1nnc(CN)c1-c1ccc(F)c(F)c1. The van der Waals surface area contributed by atoms with Crippen LogP contribution >= 0.6 is 0 Å². The van der Waals surface area contributed by atoms with Crippen LogP contribution in [0.1, 0.15) is 22.7 Å². The topological polar surface area (TPSA) is 82.8 Å². The lowest BCUT2D eigenvalue weighted by molar-refractivity contribution is 0.391. The Morgan fingerprint density at radius 3 is 2.61 bits per heavy atom. The fraction of sp³-hybridized carbons (Fsp3) is 0.267. The number of rotatable bonds is 4. The number of aromatic nitrogens is 4. The lowest BCUT2D eigenvalue weighted by Gasteiger charge is -2.08. The molecule has 0 aliphatic carbocycles. The molecule has 0 unspecified atom stereocenters. The van der Waals surface area contributed by atoms with E-state index < -0.39 is 11.6 Å². The molecule has 3 aromatic rings. The van der Waals surface area contributed by atoms with Gasteiger partial charge in [0.05, 0.1) is 17.9 Å². The van der Waals surface area contributed by atoms with Crippen LogP contribution in [0.3, 0.4) is 0 Å². The van der Waals surface area contributed by atoms with Gasteiger partial charge < -0.3 is 10.3 Å². The fourth-order valence-electron chi connectivity index (χ4n) is 2.43. The Kier molecular flexibility index (Phi) is 3.91. The van der Waals surface area contributed by atoms with Gasteiger partial charge in [0.15, 0.2) is 11.6 Å². The normalized spacial score (nSPS) is 11.2. The minimum absolute atomic E-state index is 0.135. The molecule has 120 valence electrons. The van der Waals surface area contributed by atoms with Gasteiger partial charge in [-0.25, -0.2) is 13.5 Å². The Hall–Kier alpha value is -2.61. The minimum Gasteiger partial charge on any atom is -0.361 e. The van der Waals surface area contributed by atoms with Crippen molar-refractivity contribution in [2.75, 3.05) is 0 Å². The fourth-order valence-corrected chi connectivity index (χ4v) is 2.43. The number of nitrogens with two attached hydrogens (primary N) is 1. The molecule has 0 bridgehead atoms. The first kappa shape index (κ1) is 15.3. The number of aryl methyl sites for hydroxylation is 2. The molecule has 2 heterocycles. The average molecular weight is 319 g/mol. The van der Waals surface area contributed by atoms with Crippen LogP contribution in [0.15, 0.2) is 22.7 Å². The van der Waals surface area contributed by atoms with E-state index in [9.17, 15) is 8.78 Å². The van der Waals surface area contributed by atoms with E-state index in [4.69, 9.17) is 10.3 Å².